The van der Waals surface area contributed by atoms with Crippen molar-refractivity contribution in [1.29, 1.82) is 0 Å². The van der Waals surface area contributed by atoms with Crippen molar-refractivity contribution in [2.75, 3.05) is 6.61 Å². The van der Waals surface area contributed by atoms with Gasteiger partial charge in [0.25, 0.3) is 0 Å². The number of aliphatic hydroxyl groups excluding tert-OH is 4. The van der Waals surface area contributed by atoms with E-state index in [9.17, 15) is 25.2 Å². The van der Waals surface area contributed by atoms with Gasteiger partial charge in [0, 0.05) is 0 Å². The highest BCUT2D eigenvalue weighted by Gasteiger charge is 2.28. The SMILES string of the molecule is CCCCCCCCCCC/C=C\C/C=C\CCCCCCCCC(O)C(=O)NC(CO)C(O)C(O)CCCCCCCCCCCCCCCCCCCCCCCCCCCC. The van der Waals surface area contributed by atoms with Crippen molar-refractivity contribution in [1.82, 2.24) is 5.32 Å². The highest BCUT2D eigenvalue weighted by atomic mass is 16.3. The third kappa shape index (κ3) is 45.9. The van der Waals surface area contributed by atoms with Gasteiger partial charge < -0.3 is 25.7 Å². The molecule has 0 saturated heterocycles. The first kappa shape index (κ1) is 62.8. The molecule has 0 aliphatic carbocycles. The van der Waals surface area contributed by atoms with E-state index < -0.39 is 36.9 Å². The third-order valence-electron chi connectivity index (χ3n) is 13.7. The normalized spacial score (nSPS) is 13.9. The summed E-state index contributed by atoms with van der Waals surface area (Å²) in [6.45, 7) is 4.09. The third-order valence-corrected chi connectivity index (χ3v) is 13.7. The fourth-order valence-electron chi connectivity index (χ4n) is 9.14. The lowest BCUT2D eigenvalue weighted by Crippen LogP contribution is -2.53. The van der Waals surface area contributed by atoms with E-state index in [2.05, 4.69) is 43.5 Å². The van der Waals surface area contributed by atoms with Crippen molar-refractivity contribution < 1.29 is 25.2 Å². The van der Waals surface area contributed by atoms with Crippen LogP contribution in [0.3, 0.4) is 0 Å². The zero-order valence-corrected chi connectivity index (χ0v) is 43.0. The molecule has 0 rings (SSSR count). The quantitative estimate of drug-likeness (QED) is 0.0308. The van der Waals surface area contributed by atoms with Gasteiger partial charge in [-0.1, -0.05) is 289 Å². The maximum Gasteiger partial charge on any atom is 0.249 e. The summed E-state index contributed by atoms with van der Waals surface area (Å²) in [4.78, 5) is 12.6. The van der Waals surface area contributed by atoms with Crippen LogP contribution in [0, 0.1) is 0 Å². The average Bonchev–Trinajstić information content (AvgIpc) is 3.30. The summed E-state index contributed by atoms with van der Waals surface area (Å²) >= 11 is 0. The number of carbonyl (C=O) groups is 1. The van der Waals surface area contributed by atoms with Gasteiger partial charge in [-0.05, 0) is 44.9 Å². The summed E-state index contributed by atoms with van der Waals surface area (Å²) in [6.07, 6.45) is 63.9. The van der Waals surface area contributed by atoms with E-state index in [-0.39, 0.29) is 0 Å². The molecule has 380 valence electrons. The number of allylic oxidation sites excluding steroid dienone is 4. The Balaban J connectivity index is 3.63. The molecule has 0 aliphatic rings. The van der Waals surface area contributed by atoms with Gasteiger partial charge in [-0.3, -0.25) is 4.79 Å². The van der Waals surface area contributed by atoms with Gasteiger partial charge in [0.1, 0.15) is 12.2 Å². The molecular formula is C58H113NO5. The van der Waals surface area contributed by atoms with Crippen LogP contribution in [0.1, 0.15) is 309 Å². The molecular weight excluding hydrogens is 791 g/mol. The van der Waals surface area contributed by atoms with Gasteiger partial charge >= 0.3 is 0 Å². The van der Waals surface area contributed by atoms with Crippen molar-refractivity contribution in [2.45, 2.75) is 334 Å². The topological polar surface area (TPSA) is 110 Å². The van der Waals surface area contributed by atoms with E-state index in [4.69, 9.17) is 0 Å². The Kier molecular flexibility index (Phi) is 51.8. The number of hydrogen-bond acceptors (Lipinski definition) is 5. The molecule has 5 N–H and O–H groups in total. The molecule has 1 amide bonds. The predicted octanol–water partition coefficient (Wildman–Crippen LogP) is 16.6. The molecule has 0 spiro atoms. The van der Waals surface area contributed by atoms with Crippen LogP contribution >= 0.6 is 0 Å². The molecule has 64 heavy (non-hydrogen) atoms. The molecule has 0 heterocycles. The number of rotatable bonds is 53. The molecule has 4 unspecified atom stereocenters. The molecule has 0 aromatic rings. The molecule has 0 radical (unpaired) electrons. The Morgan fingerprint density at radius 1 is 0.391 bits per heavy atom. The van der Waals surface area contributed by atoms with E-state index in [1.807, 2.05) is 0 Å². The highest BCUT2D eigenvalue weighted by Crippen LogP contribution is 2.18. The van der Waals surface area contributed by atoms with Crippen LogP contribution < -0.4 is 5.32 Å². The van der Waals surface area contributed by atoms with Crippen LogP contribution in [0.4, 0.5) is 0 Å². The van der Waals surface area contributed by atoms with E-state index in [1.54, 1.807) is 0 Å². The van der Waals surface area contributed by atoms with Gasteiger partial charge in [0.2, 0.25) is 5.91 Å². The molecule has 6 heteroatoms. The molecule has 6 nitrogen and oxygen atoms in total. The first-order valence-electron chi connectivity index (χ1n) is 28.7. The van der Waals surface area contributed by atoms with Crippen LogP contribution in [0.5, 0.6) is 0 Å². The second-order valence-electron chi connectivity index (χ2n) is 20.0. The molecule has 0 fully saturated rings. The van der Waals surface area contributed by atoms with Crippen molar-refractivity contribution in [3.05, 3.63) is 24.3 Å². The smallest absolute Gasteiger partial charge is 0.249 e. The second kappa shape index (κ2) is 52.8. The molecule has 0 bridgehead atoms. The Hall–Kier alpha value is -1.21. The monoisotopic (exact) mass is 904 g/mol. The van der Waals surface area contributed by atoms with Crippen LogP contribution in [-0.2, 0) is 4.79 Å². The first-order chi connectivity index (χ1) is 31.5. The lowest BCUT2D eigenvalue weighted by molar-refractivity contribution is -0.132. The zero-order valence-electron chi connectivity index (χ0n) is 43.0. The minimum Gasteiger partial charge on any atom is -0.394 e. The summed E-state index contributed by atoms with van der Waals surface area (Å²) in [5.74, 6) is -0.587. The summed E-state index contributed by atoms with van der Waals surface area (Å²) in [6, 6.07) is -0.990. The minimum absolute atomic E-state index is 0.359. The maximum atomic E-state index is 12.6. The van der Waals surface area contributed by atoms with E-state index in [1.165, 1.54) is 225 Å². The number of carbonyl (C=O) groups excluding carboxylic acids is 1. The van der Waals surface area contributed by atoms with Crippen molar-refractivity contribution in [2.24, 2.45) is 0 Å². The van der Waals surface area contributed by atoms with Gasteiger partial charge in [0.05, 0.1) is 18.8 Å². The van der Waals surface area contributed by atoms with Crippen molar-refractivity contribution in [3.8, 4) is 0 Å². The fraction of sp³-hybridized carbons (Fsp3) is 0.914. The van der Waals surface area contributed by atoms with Crippen LogP contribution in [0.25, 0.3) is 0 Å². The van der Waals surface area contributed by atoms with Crippen LogP contribution in [0.2, 0.25) is 0 Å². The fourth-order valence-corrected chi connectivity index (χ4v) is 9.14. The largest absolute Gasteiger partial charge is 0.394 e. The van der Waals surface area contributed by atoms with Crippen molar-refractivity contribution in [3.63, 3.8) is 0 Å². The number of nitrogens with one attached hydrogen (secondary N) is 1. The second-order valence-corrected chi connectivity index (χ2v) is 20.0. The summed E-state index contributed by atoms with van der Waals surface area (Å²) < 4.78 is 0. The number of hydrogen-bond donors (Lipinski definition) is 5. The molecule has 0 aliphatic heterocycles. The Morgan fingerprint density at radius 3 is 0.984 bits per heavy atom. The number of aliphatic hydroxyl groups is 4. The van der Waals surface area contributed by atoms with Gasteiger partial charge in [-0.25, -0.2) is 0 Å². The summed E-state index contributed by atoms with van der Waals surface area (Å²) in [7, 11) is 0. The zero-order chi connectivity index (χ0) is 46.7. The Bertz CT molecular complexity index is 970. The van der Waals surface area contributed by atoms with Crippen LogP contribution in [0.15, 0.2) is 24.3 Å². The lowest BCUT2D eigenvalue weighted by Gasteiger charge is -2.27. The Labute approximate surface area is 399 Å². The standard InChI is InChI=1S/C58H113NO5/c1-3-5-7-9-11-13-15-17-19-21-23-25-27-28-29-30-32-33-35-37-39-41-43-45-47-49-51-55(61)57(63)54(53-60)59-58(64)56(62)52-50-48-46-44-42-40-38-36-34-31-26-24-22-20-18-16-14-12-10-8-6-4-2/h24,26,34,36,54-57,60-63H,3-23,25,27-33,35,37-53H2,1-2H3,(H,59,64)/b26-24-,36-34-. The number of unbranched alkanes of at least 4 members (excludes halogenated alkanes) is 40. The summed E-state index contributed by atoms with van der Waals surface area (Å²) in [5, 5.41) is 44.0. The maximum absolute atomic E-state index is 12.6. The van der Waals surface area contributed by atoms with Gasteiger partial charge in [-0.2, -0.15) is 0 Å². The average molecular weight is 905 g/mol. The molecule has 0 aromatic carbocycles. The van der Waals surface area contributed by atoms with Crippen molar-refractivity contribution >= 4 is 5.91 Å². The Morgan fingerprint density at radius 2 is 0.672 bits per heavy atom. The van der Waals surface area contributed by atoms with E-state index in [0.717, 1.165) is 57.8 Å². The summed E-state index contributed by atoms with van der Waals surface area (Å²) in [5.41, 5.74) is 0. The van der Waals surface area contributed by atoms with Gasteiger partial charge in [-0.15, -0.1) is 0 Å². The molecule has 0 saturated carbocycles. The predicted molar refractivity (Wildman–Crippen MR) is 279 cm³/mol. The van der Waals surface area contributed by atoms with E-state index >= 15 is 0 Å². The lowest BCUT2D eigenvalue weighted by atomic mass is 9.99. The molecule has 0 aromatic heterocycles. The van der Waals surface area contributed by atoms with E-state index in [0.29, 0.717) is 12.8 Å². The minimum atomic E-state index is -1.26. The first-order valence-corrected chi connectivity index (χ1v) is 28.7. The highest BCUT2D eigenvalue weighted by molar-refractivity contribution is 5.80. The number of amides is 1. The molecule has 4 atom stereocenters. The van der Waals surface area contributed by atoms with Gasteiger partial charge in [0.15, 0.2) is 0 Å². The van der Waals surface area contributed by atoms with Crippen LogP contribution in [-0.4, -0.2) is 57.3 Å².